The Kier molecular flexibility index (Phi) is 5.92. The smallest absolute Gasteiger partial charge is 0.262 e. The zero-order valence-corrected chi connectivity index (χ0v) is 13.4. The number of rotatable bonds is 6. The molecule has 0 radical (unpaired) electrons. The van der Waals surface area contributed by atoms with Crippen LogP contribution in [-0.2, 0) is 4.79 Å². The first kappa shape index (κ1) is 16.5. The van der Waals surface area contributed by atoms with Gasteiger partial charge >= 0.3 is 0 Å². The number of benzene rings is 2. The van der Waals surface area contributed by atoms with Crippen LogP contribution in [0.5, 0.6) is 11.5 Å². The van der Waals surface area contributed by atoms with Crippen molar-refractivity contribution in [1.29, 1.82) is 0 Å². The molecule has 0 aliphatic carbocycles. The molecule has 22 heavy (non-hydrogen) atoms. The Morgan fingerprint density at radius 2 is 1.55 bits per heavy atom. The molecule has 6 heteroatoms. The topological polar surface area (TPSA) is 47.6 Å². The molecule has 1 N–H and O–H groups in total. The highest BCUT2D eigenvalue weighted by Gasteiger charge is 2.06. The van der Waals surface area contributed by atoms with Gasteiger partial charge in [-0.05, 0) is 49.4 Å². The van der Waals surface area contributed by atoms with Crippen LogP contribution >= 0.6 is 23.2 Å². The summed E-state index contributed by atoms with van der Waals surface area (Å²) in [6, 6.07) is 11.9. The Bertz CT molecular complexity index is 624. The van der Waals surface area contributed by atoms with Gasteiger partial charge in [0, 0.05) is 15.7 Å². The Labute approximate surface area is 138 Å². The molecule has 0 spiro atoms. The largest absolute Gasteiger partial charge is 0.494 e. The maximum absolute atomic E-state index is 11.8. The van der Waals surface area contributed by atoms with Crippen molar-refractivity contribution in [2.24, 2.45) is 0 Å². The second-order valence-electron chi connectivity index (χ2n) is 4.40. The van der Waals surface area contributed by atoms with Crippen LogP contribution in [0.15, 0.2) is 42.5 Å². The first-order chi connectivity index (χ1) is 10.6. The van der Waals surface area contributed by atoms with Gasteiger partial charge in [-0.1, -0.05) is 23.2 Å². The molecule has 0 saturated carbocycles. The lowest BCUT2D eigenvalue weighted by Gasteiger charge is -2.09. The van der Waals surface area contributed by atoms with E-state index in [0.29, 0.717) is 28.1 Å². The van der Waals surface area contributed by atoms with E-state index in [1.807, 2.05) is 6.92 Å². The average molecular weight is 340 g/mol. The predicted molar refractivity (Wildman–Crippen MR) is 88.2 cm³/mol. The number of carbonyl (C=O) groups is 1. The Morgan fingerprint density at radius 1 is 1.00 bits per heavy atom. The molecule has 0 aliphatic heterocycles. The van der Waals surface area contributed by atoms with Crippen LogP contribution in [0.25, 0.3) is 0 Å². The third-order valence-electron chi connectivity index (χ3n) is 2.65. The van der Waals surface area contributed by atoms with Gasteiger partial charge in [-0.2, -0.15) is 0 Å². The number of carbonyl (C=O) groups excluding carboxylic acids is 1. The number of hydrogen-bond acceptors (Lipinski definition) is 3. The summed E-state index contributed by atoms with van der Waals surface area (Å²) in [5.74, 6) is 1.04. The summed E-state index contributed by atoms with van der Waals surface area (Å²) >= 11 is 11.7. The second-order valence-corrected chi connectivity index (χ2v) is 5.27. The first-order valence-corrected chi connectivity index (χ1v) is 7.44. The van der Waals surface area contributed by atoms with Gasteiger partial charge in [-0.25, -0.2) is 0 Å². The molecule has 0 aliphatic rings. The fourth-order valence-corrected chi connectivity index (χ4v) is 2.30. The normalized spacial score (nSPS) is 10.1. The summed E-state index contributed by atoms with van der Waals surface area (Å²) in [7, 11) is 0. The second kappa shape index (κ2) is 7.92. The summed E-state index contributed by atoms with van der Waals surface area (Å²) in [6.45, 7) is 2.40. The van der Waals surface area contributed by atoms with Crippen LogP contribution in [0.4, 0.5) is 5.69 Å². The molecule has 0 saturated heterocycles. The molecular weight excluding hydrogens is 325 g/mol. The molecule has 0 unspecified atom stereocenters. The van der Waals surface area contributed by atoms with Gasteiger partial charge < -0.3 is 14.8 Å². The lowest BCUT2D eigenvalue weighted by molar-refractivity contribution is -0.118. The van der Waals surface area contributed by atoms with Crippen LogP contribution in [0, 0.1) is 0 Å². The first-order valence-electron chi connectivity index (χ1n) is 6.68. The molecule has 0 fully saturated rings. The SMILES string of the molecule is CCOc1ccc(OCC(=O)Nc2cc(Cl)cc(Cl)c2)cc1. The highest BCUT2D eigenvalue weighted by molar-refractivity contribution is 6.35. The third-order valence-corrected chi connectivity index (χ3v) is 3.09. The molecular formula is C16H15Cl2NO3. The van der Waals surface area contributed by atoms with Gasteiger partial charge in [0.1, 0.15) is 11.5 Å². The van der Waals surface area contributed by atoms with Gasteiger partial charge in [-0.15, -0.1) is 0 Å². The van der Waals surface area contributed by atoms with E-state index in [1.54, 1.807) is 42.5 Å². The lowest BCUT2D eigenvalue weighted by Crippen LogP contribution is -2.20. The van der Waals surface area contributed by atoms with E-state index < -0.39 is 0 Å². The maximum atomic E-state index is 11.8. The van der Waals surface area contributed by atoms with E-state index in [-0.39, 0.29) is 12.5 Å². The van der Waals surface area contributed by atoms with Crippen molar-refractivity contribution in [3.8, 4) is 11.5 Å². The van der Waals surface area contributed by atoms with Crippen molar-refractivity contribution in [3.63, 3.8) is 0 Å². The van der Waals surface area contributed by atoms with Crippen molar-refractivity contribution in [3.05, 3.63) is 52.5 Å². The minimum absolute atomic E-state index is 0.113. The van der Waals surface area contributed by atoms with Gasteiger partial charge in [0.05, 0.1) is 6.61 Å². The fraction of sp³-hybridized carbons (Fsp3) is 0.188. The van der Waals surface area contributed by atoms with Gasteiger partial charge in [-0.3, -0.25) is 4.79 Å². The summed E-state index contributed by atoms with van der Waals surface area (Å²) in [5.41, 5.74) is 0.526. The molecule has 2 aromatic rings. The molecule has 116 valence electrons. The van der Waals surface area contributed by atoms with E-state index in [1.165, 1.54) is 0 Å². The summed E-state index contributed by atoms with van der Waals surface area (Å²) in [5, 5.41) is 3.58. The Morgan fingerprint density at radius 3 is 2.09 bits per heavy atom. The van der Waals surface area contributed by atoms with E-state index in [0.717, 1.165) is 5.75 Å². The quantitative estimate of drug-likeness (QED) is 0.847. The Hall–Kier alpha value is -1.91. The number of halogens is 2. The summed E-state index contributed by atoms with van der Waals surface area (Å²) in [6.07, 6.45) is 0. The molecule has 1 amide bonds. The highest BCUT2D eigenvalue weighted by Crippen LogP contribution is 2.22. The molecule has 4 nitrogen and oxygen atoms in total. The van der Waals surface area contributed by atoms with Crippen LogP contribution in [0.2, 0.25) is 10.0 Å². The zero-order chi connectivity index (χ0) is 15.9. The number of nitrogens with one attached hydrogen (secondary N) is 1. The number of anilines is 1. The van der Waals surface area contributed by atoms with E-state index in [4.69, 9.17) is 32.7 Å². The van der Waals surface area contributed by atoms with E-state index in [2.05, 4.69) is 5.32 Å². The monoisotopic (exact) mass is 339 g/mol. The van der Waals surface area contributed by atoms with E-state index in [9.17, 15) is 4.79 Å². The van der Waals surface area contributed by atoms with Crippen LogP contribution in [-0.4, -0.2) is 19.1 Å². The van der Waals surface area contributed by atoms with Crippen molar-refractivity contribution in [2.45, 2.75) is 6.92 Å². The third kappa shape index (κ3) is 5.13. The fourth-order valence-electron chi connectivity index (χ4n) is 1.77. The predicted octanol–water partition coefficient (Wildman–Crippen LogP) is 4.41. The molecule has 2 aromatic carbocycles. The van der Waals surface area contributed by atoms with Gasteiger partial charge in [0.2, 0.25) is 0 Å². The van der Waals surface area contributed by atoms with Gasteiger partial charge in [0.25, 0.3) is 5.91 Å². The van der Waals surface area contributed by atoms with Gasteiger partial charge in [0.15, 0.2) is 6.61 Å². The highest BCUT2D eigenvalue weighted by atomic mass is 35.5. The Balaban J connectivity index is 1.87. The molecule has 2 rings (SSSR count). The van der Waals surface area contributed by atoms with Crippen molar-refractivity contribution >= 4 is 34.8 Å². The number of ether oxygens (including phenoxy) is 2. The number of hydrogen-bond donors (Lipinski definition) is 1. The number of amides is 1. The molecule has 0 aromatic heterocycles. The molecule has 0 heterocycles. The van der Waals surface area contributed by atoms with E-state index >= 15 is 0 Å². The minimum Gasteiger partial charge on any atom is -0.494 e. The van der Waals surface area contributed by atoms with Crippen LogP contribution in [0.3, 0.4) is 0 Å². The maximum Gasteiger partial charge on any atom is 0.262 e. The standard InChI is InChI=1S/C16H15Cl2NO3/c1-2-21-14-3-5-15(6-4-14)22-10-16(20)19-13-8-11(17)7-12(18)9-13/h3-9H,2,10H2,1H3,(H,19,20). The van der Waals surface area contributed by atoms with Crippen LogP contribution < -0.4 is 14.8 Å². The average Bonchev–Trinajstić information content (AvgIpc) is 2.46. The van der Waals surface area contributed by atoms with Crippen molar-refractivity contribution in [1.82, 2.24) is 0 Å². The summed E-state index contributed by atoms with van der Waals surface area (Å²) < 4.78 is 10.7. The molecule has 0 bridgehead atoms. The van der Waals surface area contributed by atoms with Crippen LogP contribution in [0.1, 0.15) is 6.92 Å². The zero-order valence-electron chi connectivity index (χ0n) is 11.9. The minimum atomic E-state index is -0.299. The molecule has 0 atom stereocenters. The van der Waals surface area contributed by atoms with Crippen molar-refractivity contribution < 1.29 is 14.3 Å². The lowest BCUT2D eigenvalue weighted by atomic mass is 10.3. The summed E-state index contributed by atoms with van der Waals surface area (Å²) in [4.78, 5) is 11.8. The van der Waals surface area contributed by atoms with Crippen molar-refractivity contribution in [2.75, 3.05) is 18.5 Å².